The zero-order valence-electron chi connectivity index (χ0n) is 18.5. The molecule has 0 aromatic carbocycles. The molecule has 3 nitrogen and oxygen atoms in total. The van der Waals surface area contributed by atoms with Crippen LogP contribution in [0.1, 0.15) is 122 Å². The molecule has 0 aromatic rings. The van der Waals surface area contributed by atoms with Crippen LogP contribution in [0.2, 0.25) is 0 Å². The van der Waals surface area contributed by atoms with E-state index < -0.39 is 5.97 Å². The Morgan fingerprint density at radius 3 is 1.93 bits per heavy atom. The quantitative estimate of drug-likeness (QED) is 0.127. The number of hydrogen-bond acceptors (Lipinski definition) is 4. The lowest BCUT2D eigenvalue weighted by molar-refractivity contribution is -0.137. The Morgan fingerprint density at radius 2 is 1.32 bits per heavy atom. The van der Waals surface area contributed by atoms with Crippen LogP contribution >= 0.6 is 21.6 Å². The van der Waals surface area contributed by atoms with E-state index in [0.29, 0.717) is 6.42 Å². The first-order valence-corrected chi connectivity index (χ1v) is 14.3. The third-order valence-electron chi connectivity index (χ3n) is 5.18. The Morgan fingerprint density at radius 1 is 0.786 bits per heavy atom. The smallest absolute Gasteiger partial charge is 0.303 e. The van der Waals surface area contributed by atoms with Crippen LogP contribution in [-0.4, -0.2) is 28.6 Å². The van der Waals surface area contributed by atoms with E-state index in [4.69, 9.17) is 10.8 Å². The fourth-order valence-electron chi connectivity index (χ4n) is 3.37. The van der Waals surface area contributed by atoms with E-state index in [1.165, 1.54) is 102 Å². The van der Waals surface area contributed by atoms with Crippen molar-refractivity contribution in [1.29, 1.82) is 0 Å². The molecule has 1 atom stereocenters. The summed E-state index contributed by atoms with van der Waals surface area (Å²) in [4.78, 5) is 10.6. The van der Waals surface area contributed by atoms with E-state index in [-0.39, 0.29) is 0 Å². The van der Waals surface area contributed by atoms with E-state index in [0.717, 1.165) is 24.6 Å². The van der Waals surface area contributed by atoms with Gasteiger partial charge in [-0.15, -0.1) is 0 Å². The second-order valence-electron chi connectivity index (χ2n) is 8.00. The van der Waals surface area contributed by atoms with Crippen molar-refractivity contribution in [2.75, 3.05) is 12.3 Å². The summed E-state index contributed by atoms with van der Waals surface area (Å²) in [7, 11) is 4.21. The molecule has 1 unspecified atom stereocenters. The number of unbranched alkanes of at least 4 members (excludes halogenated alkanes) is 12. The number of aliphatic carboxylic acids is 1. The molecule has 168 valence electrons. The summed E-state index contributed by atoms with van der Waals surface area (Å²) < 4.78 is 0. The van der Waals surface area contributed by atoms with Crippen molar-refractivity contribution in [3.05, 3.63) is 0 Å². The summed E-state index contributed by atoms with van der Waals surface area (Å²) in [5.74, 6) is 0.620. The van der Waals surface area contributed by atoms with E-state index in [2.05, 4.69) is 28.5 Å². The van der Waals surface area contributed by atoms with Gasteiger partial charge in [-0.2, -0.15) is 0 Å². The van der Waals surface area contributed by atoms with Crippen molar-refractivity contribution in [2.24, 2.45) is 5.73 Å². The first kappa shape index (κ1) is 28.1. The molecule has 0 fully saturated rings. The molecule has 0 saturated carbocycles. The average Bonchev–Trinajstić information content (AvgIpc) is 2.68. The molecule has 28 heavy (non-hydrogen) atoms. The van der Waals surface area contributed by atoms with Crippen LogP contribution in [0.4, 0.5) is 0 Å². The van der Waals surface area contributed by atoms with E-state index in [1.807, 2.05) is 0 Å². The fourth-order valence-corrected chi connectivity index (χ4v) is 6.31. The average molecular weight is 434 g/mol. The molecular weight excluding hydrogens is 386 g/mol. The summed E-state index contributed by atoms with van der Waals surface area (Å²) in [5.41, 5.74) is 5.54. The highest BCUT2D eigenvalue weighted by molar-refractivity contribution is 8.76. The summed E-state index contributed by atoms with van der Waals surface area (Å²) in [6.45, 7) is 3.11. The van der Waals surface area contributed by atoms with Crippen LogP contribution in [0.5, 0.6) is 0 Å². The third-order valence-corrected chi connectivity index (χ3v) is 8.24. The molecule has 0 aromatic heterocycles. The highest BCUT2D eigenvalue weighted by Crippen LogP contribution is 2.34. The number of nitrogens with two attached hydrogens (primary N) is 1. The van der Waals surface area contributed by atoms with Crippen molar-refractivity contribution in [3.63, 3.8) is 0 Å². The van der Waals surface area contributed by atoms with E-state index in [1.54, 1.807) is 0 Å². The van der Waals surface area contributed by atoms with Crippen molar-refractivity contribution >= 4 is 27.6 Å². The van der Waals surface area contributed by atoms with Crippen LogP contribution in [0.15, 0.2) is 0 Å². The molecule has 0 radical (unpaired) electrons. The predicted molar refractivity (Wildman–Crippen MR) is 129 cm³/mol. The minimum Gasteiger partial charge on any atom is -0.481 e. The molecule has 0 aliphatic heterocycles. The SMILES string of the molecule is CCCCCCCCC(CCCCCCC(=O)O)SSCCCCCCCN. The van der Waals surface area contributed by atoms with Crippen molar-refractivity contribution in [1.82, 2.24) is 0 Å². The molecule has 0 amide bonds. The van der Waals surface area contributed by atoms with Gasteiger partial charge < -0.3 is 10.8 Å². The van der Waals surface area contributed by atoms with E-state index in [9.17, 15) is 4.79 Å². The lowest BCUT2D eigenvalue weighted by Gasteiger charge is -2.16. The van der Waals surface area contributed by atoms with Gasteiger partial charge in [0, 0.05) is 17.4 Å². The third kappa shape index (κ3) is 22.4. The fraction of sp³-hybridized carbons (Fsp3) is 0.957. The molecule has 3 N–H and O–H groups in total. The second-order valence-corrected chi connectivity index (χ2v) is 10.8. The van der Waals surface area contributed by atoms with Crippen LogP contribution in [0.25, 0.3) is 0 Å². The standard InChI is InChI=1S/C23H47NO2S2/c1-2-3-4-5-7-12-17-22(18-13-8-9-14-19-23(25)26)28-27-21-16-11-6-10-15-20-24/h22H,2-21,24H2,1H3,(H,25,26). The van der Waals surface area contributed by atoms with Gasteiger partial charge in [0.2, 0.25) is 0 Å². The van der Waals surface area contributed by atoms with Gasteiger partial charge in [-0.1, -0.05) is 106 Å². The lowest BCUT2D eigenvalue weighted by atomic mass is 10.0. The number of rotatable bonds is 23. The van der Waals surface area contributed by atoms with Crippen LogP contribution in [0.3, 0.4) is 0 Å². The summed E-state index contributed by atoms with van der Waals surface area (Å²) in [6.07, 6.45) is 22.1. The van der Waals surface area contributed by atoms with Crippen LogP contribution < -0.4 is 5.73 Å². The van der Waals surface area contributed by atoms with E-state index >= 15 is 0 Å². The van der Waals surface area contributed by atoms with Crippen molar-refractivity contribution < 1.29 is 9.90 Å². The largest absolute Gasteiger partial charge is 0.481 e. The maximum absolute atomic E-state index is 10.6. The molecule has 0 aliphatic rings. The monoisotopic (exact) mass is 433 g/mol. The van der Waals surface area contributed by atoms with Gasteiger partial charge in [-0.05, 0) is 38.6 Å². The molecule has 0 aliphatic carbocycles. The number of hydrogen-bond donors (Lipinski definition) is 2. The minimum atomic E-state index is -0.657. The molecule has 5 heteroatoms. The summed E-state index contributed by atoms with van der Waals surface area (Å²) >= 11 is 0. The van der Waals surface area contributed by atoms with Crippen LogP contribution in [-0.2, 0) is 4.79 Å². The first-order valence-electron chi connectivity index (χ1n) is 11.9. The summed E-state index contributed by atoms with van der Waals surface area (Å²) in [5, 5.41) is 9.51. The Kier molecular flexibility index (Phi) is 23.5. The van der Waals surface area contributed by atoms with Gasteiger partial charge >= 0.3 is 5.97 Å². The topological polar surface area (TPSA) is 63.3 Å². The lowest BCUT2D eigenvalue weighted by Crippen LogP contribution is -2.02. The molecule has 0 spiro atoms. The Hall–Kier alpha value is 0.130. The zero-order valence-corrected chi connectivity index (χ0v) is 20.1. The second kappa shape index (κ2) is 23.4. The molecule has 0 saturated heterocycles. The van der Waals surface area contributed by atoms with Gasteiger partial charge in [0.25, 0.3) is 0 Å². The van der Waals surface area contributed by atoms with Gasteiger partial charge in [0.05, 0.1) is 0 Å². The number of carboxylic acids is 1. The highest BCUT2D eigenvalue weighted by atomic mass is 33.1. The number of carbonyl (C=O) groups is 1. The van der Waals surface area contributed by atoms with Crippen LogP contribution in [0, 0.1) is 0 Å². The molecular formula is C23H47NO2S2. The Bertz CT molecular complexity index is 330. The molecule has 0 heterocycles. The van der Waals surface area contributed by atoms with Crippen molar-refractivity contribution in [3.8, 4) is 0 Å². The normalized spacial score (nSPS) is 12.4. The number of carboxylic acid groups (broad SMARTS) is 1. The zero-order chi connectivity index (χ0) is 20.7. The van der Waals surface area contributed by atoms with Crippen molar-refractivity contribution in [2.45, 2.75) is 128 Å². The first-order chi connectivity index (χ1) is 13.7. The predicted octanol–water partition coefficient (Wildman–Crippen LogP) is 7.82. The molecule has 0 bridgehead atoms. The summed E-state index contributed by atoms with van der Waals surface area (Å²) in [6, 6.07) is 0. The highest BCUT2D eigenvalue weighted by Gasteiger charge is 2.10. The Balaban J connectivity index is 3.82. The maximum Gasteiger partial charge on any atom is 0.303 e. The molecule has 0 rings (SSSR count). The van der Waals surface area contributed by atoms with Gasteiger partial charge in [-0.3, -0.25) is 4.79 Å². The van der Waals surface area contributed by atoms with Gasteiger partial charge in [0.15, 0.2) is 0 Å². The van der Waals surface area contributed by atoms with Gasteiger partial charge in [0.1, 0.15) is 0 Å². The van der Waals surface area contributed by atoms with Gasteiger partial charge in [-0.25, -0.2) is 0 Å². The Labute approximate surface area is 183 Å². The minimum absolute atomic E-state index is 0.330. The maximum atomic E-state index is 10.6.